The molecule has 1 amide bonds. The van der Waals surface area contributed by atoms with Gasteiger partial charge in [-0.05, 0) is 48.9 Å². The monoisotopic (exact) mass is 357 g/mol. The number of halogens is 1. The van der Waals surface area contributed by atoms with Crippen molar-refractivity contribution in [3.63, 3.8) is 0 Å². The predicted molar refractivity (Wildman–Crippen MR) is 94.5 cm³/mol. The number of hydrogen-bond acceptors (Lipinski definition) is 4. The van der Waals surface area contributed by atoms with Crippen molar-refractivity contribution in [2.45, 2.75) is 13.0 Å². The highest BCUT2D eigenvalue weighted by Gasteiger charge is 2.39. The van der Waals surface area contributed by atoms with Gasteiger partial charge in [-0.3, -0.25) is 9.59 Å². The van der Waals surface area contributed by atoms with Crippen LogP contribution in [0.25, 0.3) is 5.76 Å². The summed E-state index contributed by atoms with van der Waals surface area (Å²) in [6.45, 7) is 2.40. The maximum atomic E-state index is 12.3. The van der Waals surface area contributed by atoms with E-state index >= 15 is 0 Å². The van der Waals surface area contributed by atoms with Crippen LogP contribution in [0, 0.1) is 0 Å². The molecule has 3 rings (SSSR count). The Hall–Kier alpha value is -2.79. The first kappa shape index (κ1) is 17.0. The number of hydrogen-bond donors (Lipinski definition) is 2. The van der Waals surface area contributed by atoms with Crippen molar-refractivity contribution < 1.29 is 19.4 Å². The molecular weight excluding hydrogens is 342 g/mol. The van der Waals surface area contributed by atoms with Gasteiger partial charge in [-0.25, -0.2) is 0 Å². The SMILES string of the molecule is CCOc1ccc(C(O)=C2C(=O)C(=O)NC2c2ccc(Cl)cc2)cc1. The lowest BCUT2D eigenvalue weighted by molar-refractivity contribution is -0.133. The minimum Gasteiger partial charge on any atom is -0.507 e. The molecule has 1 aliphatic heterocycles. The normalized spacial score (nSPS) is 18.9. The minimum atomic E-state index is -0.744. The van der Waals surface area contributed by atoms with E-state index in [2.05, 4.69) is 5.32 Å². The van der Waals surface area contributed by atoms with E-state index in [1.807, 2.05) is 6.92 Å². The van der Waals surface area contributed by atoms with Crippen LogP contribution >= 0.6 is 11.6 Å². The number of amides is 1. The van der Waals surface area contributed by atoms with Gasteiger partial charge in [-0.2, -0.15) is 0 Å². The van der Waals surface area contributed by atoms with Crippen LogP contribution in [0.2, 0.25) is 5.02 Å². The van der Waals surface area contributed by atoms with Gasteiger partial charge in [0.05, 0.1) is 18.2 Å². The largest absolute Gasteiger partial charge is 0.507 e. The first-order valence-electron chi connectivity index (χ1n) is 7.78. The number of rotatable bonds is 4. The van der Waals surface area contributed by atoms with Crippen LogP contribution in [0.1, 0.15) is 24.1 Å². The topological polar surface area (TPSA) is 75.6 Å². The highest BCUT2D eigenvalue weighted by atomic mass is 35.5. The third-order valence-electron chi connectivity index (χ3n) is 3.91. The van der Waals surface area contributed by atoms with Crippen molar-refractivity contribution in [3.05, 3.63) is 70.3 Å². The molecule has 6 heteroatoms. The molecule has 0 radical (unpaired) electrons. The van der Waals surface area contributed by atoms with Crippen LogP contribution in [0.3, 0.4) is 0 Å². The van der Waals surface area contributed by atoms with Crippen molar-refractivity contribution in [1.82, 2.24) is 5.32 Å². The fourth-order valence-electron chi connectivity index (χ4n) is 2.70. The molecule has 0 saturated carbocycles. The van der Waals surface area contributed by atoms with Crippen molar-refractivity contribution >= 4 is 29.1 Å². The molecule has 5 nitrogen and oxygen atoms in total. The summed E-state index contributed by atoms with van der Waals surface area (Å²) < 4.78 is 5.36. The average molecular weight is 358 g/mol. The lowest BCUT2D eigenvalue weighted by atomic mass is 9.96. The quantitative estimate of drug-likeness (QED) is 0.499. The van der Waals surface area contributed by atoms with Gasteiger partial charge >= 0.3 is 0 Å². The summed E-state index contributed by atoms with van der Waals surface area (Å²) in [5.74, 6) is -1.06. The number of Topliss-reactive ketones (excluding diaryl/α,β-unsaturated/α-hetero) is 1. The van der Waals surface area contributed by atoms with E-state index in [9.17, 15) is 14.7 Å². The Morgan fingerprint density at radius 3 is 2.36 bits per heavy atom. The second kappa shape index (κ2) is 6.99. The third kappa shape index (κ3) is 3.37. The molecule has 1 atom stereocenters. The zero-order chi connectivity index (χ0) is 18.0. The van der Waals surface area contributed by atoms with E-state index in [4.69, 9.17) is 16.3 Å². The molecule has 128 valence electrons. The molecule has 1 unspecified atom stereocenters. The molecule has 0 spiro atoms. The van der Waals surface area contributed by atoms with Crippen molar-refractivity contribution in [2.75, 3.05) is 6.61 Å². The molecule has 1 aliphatic rings. The van der Waals surface area contributed by atoms with Crippen LogP contribution in [0.4, 0.5) is 0 Å². The predicted octanol–water partition coefficient (Wildman–Crippen LogP) is 3.45. The Morgan fingerprint density at radius 1 is 1.12 bits per heavy atom. The molecule has 1 heterocycles. The van der Waals surface area contributed by atoms with Gasteiger partial charge < -0.3 is 15.2 Å². The smallest absolute Gasteiger partial charge is 0.293 e. The second-order valence-corrected chi connectivity index (χ2v) is 5.94. The minimum absolute atomic E-state index is 0.0245. The van der Waals surface area contributed by atoms with E-state index in [0.717, 1.165) is 0 Å². The van der Waals surface area contributed by atoms with E-state index in [-0.39, 0.29) is 11.3 Å². The Bertz CT molecular complexity index is 841. The second-order valence-electron chi connectivity index (χ2n) is 5.51. The number of carbonyl (C=O) groups is 2. The number of benzene rings is 2. The molecule has 1 fully saturated rings. The van der Waals surface area contributed by atoms with E-state index in [0.29, 0.717) is 28.5 Å². The van der Waals surface area contributed by atoms with Crippen molar-refractivity contribution in [2.24, 2.45) is 0 Å². The summed E-state index contributed by atoms with van der Waals surface area (Å²) in [6.07, 6.45) is 0. The van der Waals surface area contributed by atoms with E-state index in [1.165, 1.54) is 0 Å². The van der Waals surface area contributed by atoms with Crippen LogP contribution in [-0.4, -0.2) is 23.4 Å². The number of aliphatic hydroxyl groups excluding tert-OH is 1. The average Bonchev–Trinajstić information content (AvgIpc) is 2.91. The third-order valence-corrected chi connectivity index (χ3v) is 4.16. The molecule has 25 heavy (non-hydrogen) atoms. The Morgan fingerprint density at radius 2 is 1.76 bits per heavy atom. The van der Waals surface area contributed by atoms with Gasteiger partial charge in [-0.15, -0.1) is 0 Å². The standard InChI is InChI=1S/C19H16ClNO4/c1-2-25-14-9-5-12(6-10-14)17(22)15-16(21-19(24)18(15)23)11-3-7-13(20)8-4-11/h3-10,16,22H,2H2,1H3,(H,21,24). The number of ketones is 1. The van der Waals surface area contributed by atoms with Crippen molar-refractivity contribution in [3.8, 4) is 5.75 Å². The summed E-state index contributed by atoms with van der Waals surface area (Å²) in [7, 11) is 0. The van der Waals surface area contributed by atoms with Crippen molar-refractivity contribution in [1.29, 1.82) is 0 Å². The van der Waals surface area contributed by atoms with E-state index < -0.39 is 17.7 Å². The summed E-state index contributed by atoms with van der Waals surface area (Å²) in [6, 6.07) is 12.7. The molecule has 0 bridgehead atoms. The summed E-state index contributed by atoms with van der Waals surface area (Å²) in [4.78, 5) is 24.1. The van der Waals surface area contributed by atoms with Crippen LogP contribution < -0.4 is 10.1 Å². The first-order chi connectivity index (χ1) is 12.0. The number of aliphatic hydroxyl groups is 1. The Kier molecular flexibility index (Phi) is 4.76. The Labute approximate surface area is 149 Å². The summed E-state index contributed by atoms with van der Waals surface area (Å²) in [5.41, 5.74) is 1.12. The van der Waals surface area contributed by atoms with Crippen LogP contribution in [-0.2, 0) is 9.59 Å². The molecular formula is C19H16ClNO4. The number of nitrogens with one attached hydrogen (secondary N) is 1. The van der Waals surface area contributed by atoms with Crippen LogP contribution in [0.5, 0.6) is 5.75 Å². The highest BCUT2D eigenvalue weighted by Crippen LogP contribution is 2.33. The highest BCUT2D eigenvalue weighted by molar-refractivity contribution is 6.46. The fourth-order valence-corrected chi connectivity index (χ4v) is 2.83. The van der Waals surface area contributed by atoms with E-state index in [1.54, 1.807) is 48.5 Å². The van der Waals surface area contributed by atoms with Gasteiger partial charge in [0.15, 0.2) is 0 Å². The van der Waals surface area contributed by atoms with Gasteiger partial charge in [-0.1, -0.05) is 23.7 Å². The number of carbonyl (C=O) groups excluding carboxylic acids is 2. The maximum absolute atomic E-state index is 12.3. The number of ether oxygens (including phenoxy) is 1. The lowest BCUT2D eigenvalue weighted by Gasteiger charge is -2.14. The Balaban J connectivity index is 2.02. The molecule has 2 aromatic carbocycles. The molecule has 2 N–H and O–H groups in total. The first-order valence-corrected chi connectivity index (χ1v) is 8.16. The summed E-state index contributed by atoms with van der Waals surface area (Å²) >= 11 is 5.88. The molecule has 2 aromatic rings. The molecule has 0 aliphatic carbocycles. The maximum Gasteiger partial charge on any atom is 0.293 e. The molecule has 0 aromatic heterocycles. The zero-order valence-corrected chi connectivity index (χ0v) is 14.2. The molecule has 1 saturated heterocycles. The van der Waals surface area contributed by atoms with Crippen LogP contribution in [0.15, 0.2) is 54.1 Å². The van der Waals surface area contributed by atoms with Gasteiger partial charge in [0.2, 0.25) is 0 Å². The lowest BCUT2D eigenvalue weighted by Crippen LogP contribution is -2.21. The van der Waals surface area contributed by atoms with Gasteiger partial charge in [0.1, 0.15) is 11.5 Å². The fraction of sp³-hybridized carbons (Fsp3) is 0.158. The zero-order valence-electron chi connectivity index (χ0n) is 13.5. The van der Waals surface area contributed by atoms with Gasteiger partial charge in [0, 0.05) is 10.6 Å². The summed E-state index contributed by atoms with van der Waals surface area (Å²) in [5, 5.41) is 13.8. The van der Waals surface area contributed by atoms with Gasteiger partial charge in [0.25, 0.3) is 11.7 Å².